The van der Waals surface area contributed by atoms with Gasteiger partial charge in [0.2, 0.25) is 17.2 Å². The Morgan fingerprint density at radius 1 is 0.293 bits per heavy atom. The molecule has 0 atom stereocenters. The summed E-state index contributed by atoms with van der Waals surface area (Å²) < 4.78 is 38.9. The first-order chi connectivity index (χ1) is 36.6. The fourth-order valence-corrected chi connectivity index (χ4v) is 9.85. The lowest BCUT2D eigenvalue weighted by molar-refractivity contribution is -0.384. The maximum Gasteiger partial charge on any atom is 0.323 e. The molecule has 0 aliphatic rings. The molecule has 4 aromatic carbocycles. The molecule has 0 heterocycles. The number of unbranched alkanes of at least 4 members (excludes halogenated alkanes) is 24. The number of benzene rings is 4. The van der Waals surface area contributed by atoms with Gasteiger partial charge >= 0.3 is 17.1 Å². The lowest BCUT2D eigenvalue weighted by Gasteiger charge is -2.21. The Labute approximate surface area is 447 Å². The molecule has 0 N–H and O–H groups in total. The normalized spacial score (nSPS) is 11.4. The minimum Gasteiger partial charge on any atom is -0.489 e. The highest BCUT2D eigenvalue weighted by atomic mass is 16.6. The molecule has 75 heavy (non-hydrogen) atoms. The number of nitrogens with zero attached hydrogens (tertiary/aromatic N) is 3. The molecule has 4 rings (SSSR count). The summed E-state index contributed by atoms with van der Waals surface area (Å²) >= 11 is 0. The van der Waals surface area contributed by atoms with Crippen LogP contribution in [0.4, 0.5) is 17.1 Å². The molecule has 0 aliphatic heterocycles. The van der Waals surface area contributed by atoms with Gasteiger partial charge in [-0.3, -0.25) is 30.3 Å². The van der Waals surface area contributed by atoms with Gasteiger partial charge in [0.25, 0.3) is 0 Å². The molecule has 0 saturated heterocycles. The number of rotatable bonds is 45. The summed E-state index contributed by atoms with van der Waals surface area (Å²) in [7, 11) is 0. The SMILES string of the molecule is CCCCCCCOc1cc2c(c([N+](=O)[O-])c1OCCCCCCC)c1cc(OCCCCCCC)c(OCCCCCCC)c([N+](=O)[O-])c1c1cc(OCCCCCCC)c(OCCCCCCC)c([N+](=O)[O-])c21. The highest BCUT2D eigenvalue weighted by Gasteiger charge is 2.38. The molecule has 0 fully saturated rings. The van der Waals surface area contributed by atoms with Crippen molar-refractivity contribution in [3.05, 3.63) is 48.5 Å². The molecule has 0 aromatic heterocycles. The molecule has 0 bridgehead atoms. The summed E-state index contributed by atoms with van der Waals surface area (Å²) in [5, 5.41) is 42.1. The monoisotopic (exact) mass is 1050 g/mol. The summed E-state index contributed by atoms with van der Waals surface area (Å²) in [6.45, 7) is 13.9. The molecule has 15 nitrogen and oxygen atoms in total. The fraction of sp³-hybridized carbons (Fsp3) is 0.700. The van der Waals surface area contributed by atoms with Crippen LogP contribution in [0.2, 0.25) is 0 Å². The second-order valence-electron chi connectivity index (χ2n) is 20.3. The van der Waals surface area contributed by atoms with E-state index in [1.807, 2.05) is 0 Å². The van der Waals surface area contributed by atoms with Gasteiger partial charge in [-0.1, -0.05) is 196 Å². The van der Waals surface area contributed by atoms with Crippen LogP contribution in [0.3, 0.4) is 0 Å². The highest BCUT2D eigenvalue weighted by molar-refractivity contribution is 6.33. The van der Waals surface area contributed by atoms with Crippen LogP contribution in [0.15, 0.2) is 18.2 Å². The summed E-state index contributed by atoms with van der Waals surface area (Å²) in [6.07, 6.45) is 27.6. The zero-order valence-corrected chi connectivity index (χ0v) is 46.9. The number of hydrogen-bond acceptors (Lipinski definition) is 12. The van der Waals surface area contributed by atoms with E-state index < -0.39 is 31.8 Å². The zero-order chi connectivity index (χ0) is 54.2. The second-order valence-corrected chi connectivity index (χ2v) is 20.3. The summed E-state index contributed by atoms with van der Waals surface area (Å²) in [6, 6.07) is 4.79. The van der Waals surface area contributed by atoms with Crippen molar-refractivity contribution in [1.82, 2.24) is 0 Å². The van der Waals surface area contributed by atoms with Crippen LogP contribution in [0, 0.1) is 30.3 Å². The zero-order valence-electron chi connectivity index (χ0n) is 46.9. The molecule has 4 aromatic rings. The van der Waals surface area contributed by atoms with Crippen molar-refractivity contribution in [3.63, 3.8) is 0 Å². The lowest BCUT2D eigenvalue weighted by Crippen LogP contribution is -2.09. The van der Waals surface area contributed by atoms with Gasteiger partial charge in [-0.25, -0.2) is 0 Å². The van der Waals surface area contributed by atoms with Crippen LogP contribution in [-0.4, -0.2) is 54.4 Å². The van der Waals surface area contributed by atoms with E-state index in [0.29, 0.717) is 38.5 Å². The largest absolute Gasteiger partial charge is 0.489 e. The van der Waals surface area contributed by atoms with E-state index in [4.69, 9.17) is 28.4 Å². The molecule has 0 aliphatic carbocycles. The van der Waals surface area contributed by atoms with Gasteiger partial charge in [0, 0.05) is 16.2 Å². The van der Waals surface area contributed by atoms with Gasteiger partial charge in [-0.15, -0.1) is 0 Å². The van der Waals surface area contributed by atoms with Crippen molar-refractivity contribution in [3.8, 4) is 34.5 Å². The van der Waals surface area contributed by atoms with E-state index >= 15 is 0 Å². The van der Waals surface area contributed by atoms with Crippen LogP contribution < -0.4 is 28.4 Å². The van der Waals surface area contributed by atoms with E-state index in [1.165, 1.54) is 0 Å². The summed E-state index contributed by atoms with van der Waals surface area (Å²) in [4.78, 5) is 40.4. The first-order valence-electron chi connectivity index (χ1n) is 29.4. The molecule has 0 saturated carbocycles. The Morgan fingerprint density at radius 3 is 0.667 bits per heavy atom. The van der Waals surface area contributed by atoms with Gasteiger partial charge in [0.05, 0.1) is 70.6 Å². The van der Waals surface area contributed by atoms with Gasteiger partial charge in [-0.2, -0.15) is 0 Å². The predicted octanol–water partition coefficient (Wildman–Crippen LogP) is 19.0. The highest BCUT2D eigenvalue weighted by Crippen LogP contribution is 2.57. The molecular weight excluding hydrogens is 955 g/mol. The Kier molecular flexibility index (Phi) is 29.7. The number of hydrogen-bond donors (Lipinski definition) is 0. The Balaban J connectivity index is 2.25. The standard InChI is InChI=1S/C60H93N3O12/c1-7-13-19-25-31-37-70-49-43-46-52(55(61(64)65)58(49)73-40-34-28-22-16-10-4)47-44-50(71-38-32-26-20-14-8-2)60(75-42-36-30-24-18-12-6)57(63(68)69)54(47)48-45-51(72-39-33-27-21-15-9-3)59(56(53(46)48)62(66)67)74-41-35-29-23-17-11-5/h43-45H,7-42H2,1-6H3. The van der Waals surface area contributed by atoms with Gasteiger partial charge in [0.1, 0.15) is 0 Å². The molecule has 15 heteroatoms. The van der Waals surface area contributed by atoms with E-state index in [9.17, 15) is 30.3 Å². The number of nitro groups is 3. The van der Waals surface area contributed by atoms with Gasteiger partial charge in [-0.05, 0) is 56.7 Å². The molecule has 0 unspecified atom stereocenters. The smallest absolute Gasteiger partial charge is 0.323 e. The molecule has 0 amide bonds. The third kappa shape index (κ3) is 19.0. The number of fused-ring (bicyclic) bond motifs is 6. The number of nitro benzene ring substituents is 3. The van der Waals surface area contributed by atoms with Crippen molar-refractivity contribution < 1.29 is 43.2 Å². The lowest BCUT2D eigenvalue weighted by atomic mass is 9.90. The number of ether oxygens (including phenoxy) is 6. The van der Waals surface area contributed by atoms with Crippen LogP contribution in [0.5, 0.6) is 34.5 Å². The minimum absolute atomic E-state index is 0.0695. The minimum atomic E-state index is -0.551. The fourth-order valence-electron chi connectivity index (χ4n) is 9.85. The van der Waals surface area contributed by atoms with E-state index in [-0.39, 0.29) is 106 Å². The van der Waals surface area contributed by atoms with Crippen molar-refractivity contribution in [2.24, 2.45) is 0 Å². The van der Waals surface area contributed by atoms with Gasteiger partial charge < -0.3 is 28.4 Å². The summed E-state index contributed by atoms with van der Waals surface area (Å²) in [5.41, 5.74) is -1.50. The van der Waals surface area contributed by atoms with Crippen LogP contribution in [0.1, 0.15) is 234 Å². The average Bonchev–Trinajstić information content (AvgIpc) is 3.39. The maximum absolute atomic E-state index is 14.0. The third-order valence-corrected chi connectivity index (χ3v) is 14.0. The van der Waals surface area contributed by atoms with Gasteiger partial charge in [0.15, 0.2) is 17.2 Å². The van der Waals surface area contributed by atoms with E-state index in [1.54, 1.807) is 18.2 Å². The molecule has 0 radical (unpaired) electrons. The third-order valence-electron chi connectivity index (χ3n) is 14.0. The average molecular weight is 1050 g/mol. The second kappa shape index (κ2) is 35.8. The topological polar surface area (TPSA) is 185 Å². The van der Waals surface area contributed by atoms with Crippen molar-refractivity contribution >= 4 is 49.4 Å². The van der Waals surface area contributed by atoms with Crippen LogP contribution in [0.25, 0.3) is 32.3 Å². The quantitative estimate of drug-likeness (QED) is 0.0177. The van der Waals surface area contributed by atoms with Crippen LogP contribution in [-0.2, 0) is 0 Å². The van der Waals surface area contributed by atoms with Crippen molar-refractivity contribution in [1.29, 1.82) is 0 Å². The van der Waals surface area contributed by atoms with Crippen molar-refractivity contribution in [2.75, 3.05) is 39.6 Å². The molecule has 420 valence electrons. The Bertz CT molecular complexity index is 2070. The van der Waals surface area contributed by atoms with E-state index in [2.05, 4.69) is 41.5 Å². The van der Waals surface area contributed by atoms with Crippen molar-refractivity contribution in [2.45, 2.75) is 234 Å². The van der Waals surface area contributed by atoms with E-state index in [0.717, 1.165) is 154 Å². The first kappa shape index (κ1) is 62.2. The van der Waals surface area contributed by atoms with Crippen LogP contribution >= 0.6 is 0 Å². The molecular formula is C60H93N3O12. The Morgan fingerprint density at radius 2 is 0.480 bits per heavy atom. The molecule has 0 spiro atoms. The first-order valence-corrected chi connectivity index (χ1v) is 29.4. The summed E-state index contributed by atoms with van der Waals surface area (Å²) in [5.74, 6) is -0.167. The predicted molar refractivity (Wildman–Crippen MR) is 304 cm³/mol. The maximum atomic E-state index is 14.0. The Hall–Kier alpha value is -5.34.